The van der Waals surface area contributed by atoms with Crippen molar-refractivity contribution in [1.29, 1.82) is 0 Å². The first-order valence-corrected chi connectivity index (χ1v) is 14.2. The van der Waals surface area contributed by atoms with Crippen molar-refractivity contribution in [2.24, 2.45) is 11.8 Å². The minimum absolute atomic E-state index is 0.0418. The predicted molar refractivity (Wildman–Crippen MR) is 148 cm³/mol. The minimum atomic E-state index is -1.33. The van der Waals surface area contributed by atoms with Gasteiger partial charge in [-0.2, -0.15) is 0 Å². The maximum absolute atomic E-state index is 14.6. The van der Waals surface area contributed by atoms with Gasteiger partial charge in [0, 0.05) is 31.8 Å². The van der Waals surface area contributed by atoms with Gasteiger partial charge in [0.25, 0.3) is 5.91 Å². The van der Waals surface area contributed by atoms with Crippen LogP contribution in [0.25, 0.3) is 0 Å². The van der Waals surface area contributed by atoms with Gasteiger partial charge < -0.3 is 34.4 Å². The lowest BCUT2D eigenvalue weighted by atomic mass is 9.74. The molecule has 11 heteroatoms. The van der Waals surface area contributed by atoms with Gasteiger partial charge >= 0.3 is 5.97 Å². The summed E-state index contributed by atoms with van der Waals surface area (Å²) in [6, 6.07) is 6.03. The number of cyclic esters (lactones) is 1. The average molecular weight is 568 g/mol. The van der Waals surface area contributed by atoms with Gasteiger partial charge in [-0.25, -0.2) is 0 Å². The number of ether oxygens (including phenoxy) is 3. The normalized spacial score (nSPS) is 32.6. The van der Waals surface area contributed by atoms with Crippen LogP contribution in [0, 0.1) is 11.8 Å². The number of benzene rings is 1. The van der Waals surface area contributed by atoms with Crippen molar-refractivity contribution in [2.75, 3.05) is 38.3 Å². The zero-order valence-corrected chi connectivity index (χ0v) is 23.4. The lowest BCUT2D eigenvalue weighted by molar-refractivity contribution is -0.158. The Bertz CT molecular complexity index is 1230. The first-order valence-electron chi connectivity index (χ1n) is 14.2. The maximum atomic E-state index is 14.6. The highest BCUT2D eigenvalue weighted by Crippen LogP contribution is 2.55. The van der Waals surface area contributed by atoms with Gasteiger partial charge in [-0.05, 0) is 50.5 Å². The van der Waals surface area contributed by atoms with Crippen LogP contribution in [0.3, 0.4) is 0 Å². The number of hydrogen-bond donors (Lipinski definition) is 2. The summed E-state index contributed by atoms with van der Waals surface area (Å²) >= 11 is 0. The van der Waals surface area contributed by atoms with Crippen LogP contribution >= 0.6 is 0 Å². The number of methoxy groups -OCH3 is 1. The molecule has 1 aromatic carbocycles. The number of nitrogens with zero attached hydrogens (tertiary/aromatic N) is 2. The van der Waals surface area contributed by atoms with Gasteiger partial charge in [-0.15, -0.1) is 0 Å². The number of carbonyl (C=O) groups is 4. The van der Waals surface area contributed by atoms with Crippen LogP contribution < -0.4 is 15.0 Å². The molecular weight excluding hydrogens is 530 g/mol. The fraction of sp³-hybridized carbons (Fsp3) is 0.533. The van der Waals surface area contributed by atoms with Gasteiger partial charge in [-0.3, -0.25) is 19.2 Å². The van der Waals surface area contributed by atoms with Crippen LogP contribution in [0.15, 0.2) is 48.6 Å². The molecule has 1 aromatic rings. The summed E-state index contributed by atoms with van der Waals surface area (Å²) in [4.78, 5) is 57.5. The second-order valence-corrected chi connectivity index (χ2v) is 10.9. The van der Waals surface area contributed by atoms with Crippen LogP contribution in [0.1, 0.15) is 32.6 Å². The Morgan fingerprint density at radius 1 is 1.10 bits per heavy atom. The predicted octanol–water partition coefficient (Wildman–Crippen LogP) is 1.35. The molecule has 4 heterocycles. The Hall–Kier alpha value is -3.70. The third-order valence-electron chi connectivity index (χ3n) is 8.23. The number of aliphatic hydroxyl groups excluding tert-OH is 1. The van der Waals surface area contributed by atoms with Crippen molar-refractivity contribution in [3.63, 3.8) is 0 Å². The molecule has 2 fully saturated rings. The molecule has 11 nitrogen and oxygen atoms in total. The Balaban J connectivity index is 1.57. The van der Waals surface area contributed by atoms with E-state index < -0.39 is 41.7 Å². The van der Waals surface area contributed by atoms with Crippen LogP contribution in [-0.4, -0.2) is 90.9 Å². The van der Waals surface area contributed by atoms with E-state index in [-0.39, 0.29) is 50.4 Å². The van der Waals surface area contributed by atoms with Crippen LogP contribution in [0.5, 0.6) is 5.75 Å². The zero-order chi connectivity index (χ0) is 29.1. The van der Waals surface area contributed by atoms with Crippen molar-refractivity contribution in [1.82, 2.24) is 10.2 Å². The lowest BCUT2D eigenvalue weighted by Crippen LogP contribution is -2.56. The molecule has 1 spiro atoms. The molecule has 220 valence electrons. The molecule has 0 aromatic heterocycles. The molecule has 0 aliphatic carbocycles. The summed E-state index contributed by atoms with van der Waals surface area (Å²) in [5, 5.41) is 12.2. The third-order valence-corrected chi connectivity index (χ3v) is 8.23. The summed E-state index contributed by atoms with van der Waals surface area (Å²) in [6.07, 6.45) is 7.51. The second kappa shape index (κ2) is 12.0. The number of anilines is 1. The number of rotatable bonds is 6. The van der Waals surface area contributed by atoms with E-state index in [1.54, 1.807) is 55.4 Å². The zero-order valence-electron chi connectivity index (χ0n) is 23.4. The van der Waals surface area contributed by atoms with Gasteiger partial charge in [0.05, 0.1) is 25.7 Å². The monoisotopic (exact) mass is 567 g/mol. The van der Waals surface area contributed by atoms with Gasteiger partial charge in [0.2, 0.25) is 11.8 Å². The largest absolute Gasteiger partial charge is 0.497 e. The molecule has 4 aliphatic rings. The first kappa shape index (κ1) is 28.8. The molecule has 6 atom stereocenters. The Labute approximate surface area is 239 Å². The smallest absolute Gasteiger partial charge is 0.313 e. The molecule has 41 heavy (non-hydrogen) atoms. The maximum Gasteiger partial charge on any atom is 0.313 e. The SMILES string of the molecule is COc1ccc(N2C/C=C\CCC(=O)NC[C@H](C)OC(=O)[C@@H]3[C@H]4C(=O)N(CCCCO)[C@H](C2=O)[C@]42C=C[C@H]3O2)cc1. The van der Waals surface area contributed by atoms with Crippen LogP contribution in [0.4, 0.5) is 5.69 Å². The van der Waals surface area contributed by atoms with Crippen molar-refractivity contribution in [3.05, 3.63) is 48.6 Å². The average Bonchev–Trinajstić information content (AvgIpc) is 3.61. The standard InChI is InChI=1S/C30H37N3O8/c1-19-18-31-23(35)8-4-3-5-15-32(20-9-11-21(39-2)12-10-20)28(37)26-30-14-13-22(41-30)24(29(38)40-19)25(30)27(36)33(26)16-6-7-17-34/h3,5,9-14,19,22,24-26,34H,4,6-8,15-18H2,1-2H3,(H,31,35)/b5-3-/t19-,22+,24-,25-,26+,30-/m0/s1. The fourth-order valence-corrected chi connectivity index (χ4v) is 6.26. The van der Waals surface area contributed by atoms with E-state index in [1.807, 2.05) is 12.2 Å². The molecular formula is C30H37N3O8. The lowest BCUT2D eigenvalue weighted by Gasteiger charge is -2.36. The van der Waals surface area contributed by atoms with E-state index >= 15 is 0 Å². The van der Waals surface area contributed by atoms with E-state index in [1.165, 1.54) is 4.90 Å². The summed E-state index contributed by atoms with van der Waals surface area (Å²) in [7, 11) is 1.56. The van der Waals surface area contributed by atoms with E-state index in [0.717, 1.165) is 0 Å². The van der Waals surface area contributed by atoms with Gasteiger partial charge in [0.1, 0.15) is 29.4 Å². The Morgan fingerprint density at radius 3 is 2.61 bits per heavy atom. The van der Waals surface area contributed by atoms with Crippen molar-refractivity contribution < 1.29 is 38.5 Å². The topological polar surface area (TPSA) is 135 Å². The van der Waals surface area contributed by atoms with Crippen molar-refractivity contribution >= 4 is 29.4 Å². The number of allylic oxidation sites excluding steroid dienone is 1. The number of nitrogens with one attached hydrogen (secondary N) is 1. The molecule has 2 N–H and O–H groups in total. The molecule has 3 amide bonds. The number of likely N-dealkylation sites (tertiary alicyclic amines) is 1. The van der Waals surface area contributed by atoms with Crippen molar-refractivity contribution in [3.8, 4) is 5.75 Å². The minimum Gasteiger partial charge on any atom is -0.497 e. The highest BCUT2D eigenvalue weighted by Gasteiger charge is 2.73. The molecule has 2 saturated heterocycles. The number of hydrogen-bond acceptors (Lipinski definition) is 8. The summed E-state index contributed by atoms with van der Waals surface area (Å²) < 4.78 is 17.4. The number of aliphatic hydroxyl groups is 1. The number of amides is 3. The number of fused-ring (bicyclic) bond motifs is 2. The molecule has 5 rings (SSSR count). The highest BCUT2D eigenvalue weighted by atomic mass is 16.6. The number of unbranched alkanes of at least 4 members (excludes halogenated alkanes) is 1. The van der Waals surface area contributed by atoms with Crippen molar-refractivity contribution in [2.45, 2.75) is 56.5 Å². The first-order chi connectivity index (χ1) is 19.8. The van der Waals surface area contributed by atoms with Gasteiger partial charge in [-0.1, -0.05) is 24.3 Å². The van der Waals surface area contributed by atoms with Crippen LogP contribution in [0.2, 0.25) is 0 Å². The third kappa shape index (κ3) is 5.36. The number of carbonyl (C=O) groups excluding carboxylic acids is 4. The molecule has 0 unspecified atom stereocenters. The second-order valence-electron chi connectivity index (χ2n) is 10.9. The Kier molecular flexibility index (Phi) is 8.46. The summed E-state index contributed by atoms with van der Waals surface area (Å²) in [5.74, 6) is -2.69. The number of esters is 1. The Morgan fingerprint density at radius 2 is 1.88 bits per heavy atom. The van der Waals surface area contributed by atoms with E-state index in [2.05, 4.69) is 5.32 Å². The van der Waals surface area contributed by atoms with E-state index in [0.29, 0.717) is 30.7 Å². The summed E-state index contributed by atoms with van der Waals surface area (Å²) in [6.45, 7) is 2.21. The van der Waals surface area contributed by atoms with E-state index in [9.17, 15) is 24.3 Å². The fourth-order valence-electron chi connectivity index (χ4n) is 6.26. The summed E-state index contributed by atoms with van der Waals surface area (Å²) in [5.41, 5.74) is -0.735. The van der Waals surface area contributed by atoms with E-state index in [4.69, 9.17) is 14.2 Å². The quantitative estimate of drug-likeness (QED) is 0.299. The molecule has 5 bridgehead atoms. The molecule has 4 aliphatic heterocycles. The van der Waals surface area contributed by atoms with Gasteiger partial charge in [0.15, 0.2) is 0 Å². The van der Waals surface area contributed by atoms with Crippen LogP contribution in [-0.2, 0) is 28.7 Å². The highest BCUT2D eigenvalue weighted by molar-refractivity contribution is 6.05. The molecule has 0 saturated carbocycles. The molecule has 0 radical (unpaired) electrons.